The lowest BCUT2D eigenvalue weighted by Crippen LogP contribution is -2.22. The highest BCUT2D eigenvalue weighted by Crippen LogP contribution is 2.30. The molecule has 1 aromatic carbocycles. The minimum Gasteiger partial charge on any atom is -0.646 e. The highest BCUT2D eigenvalue weighted by Gasteiger charge is 2.16. The van der Waals surface area contributed by atoms with E-state index in [1.807, 2.05) is 18.2 Å². The fraction of sp³-hybridized carbons (Fsp3) is 0.611. The average Bonchev–Trinajstić information content (AvgIpc) is 2.45. The summed E-state index contributed by atoms with van der Waals surface area (Å²) < 4.78 is 5.65. The van der Waals surface area contributed by atoms with Crippen LogP contribution in [0.25, 0.3) is 5.32 Å². The summed E-state index contributed by atoms with van der Waals surface area (Å²) in [5, 5.41) is 13.8. The van der Waals surface area contributed by atoms with E-state index in [2.05, 4.69) is 26.1 Å². The summed E-state index contributed by atoms with van der Waals surface area (Å²) in [4.78, 5) is 11.4. The number of carboxylic acids is 1. The van der Waals surface area contributed by atoms with Crippen LogP contribution in [0.1, 0.15) is 51.2 Å². The van der Waals surface area contributed by atoms with Crippen LogP contribution in [-0.2, 0) is 17.8 Å². The third-order valence-corrected chi connectivity index (χ3v) is 3.99. The fourth-order valence-electron chi connectivity index (χ4n) is 2.68. The van der Waals surface area contributed by atoms with E-state index in [9.17, 15) is 9.90 Å². The van der Waals surface area contributed by atoms with Gasteiger partial charge < -0.3 is 15.2 Å². The lowest BCUT2D eigenvalue weighted by atomic mass is 9.88. The lowest BCUT2D eigenvalue weighted by molar-refractivity contribution is -0.138. The number of carboxylic acid groups (broad SMARTS) is 1. The smallest absolute Gasteiger partial charge is 0.285 e. The summed E-state index contributed by atoms with van der Waals surface area (Å²) in [5.74, 6) is 0.103. The van der Waals surface area contributed by atoms with Crippen LogP contribution in [-0.4, -0.2) is 23.7 Å². The average molecular weight is 304 g/mol. The highest BCUT2D eigenvalue weighted by atomic mass is 16.5. The van der Waals surface area contributed by atoms with E-state index in [0.717, 1.165) is 37.2 Å². The summed E-state index contributed by atoms with van der Waals surface area (Å²) in [7, 11) is 0. The van der Waals surface area contributed by atoms with Crippen molar-refractivity contribution in [3.63, 3.8) is 0 Å². The van der Waals surface area contributed by atoms with Gasteiger partial charge in [-0.15, -0.1) is 6.54 Å². The minimum absolute atomic E-state index is 0.128. The van der Waals surface area contributed by atoms with Gasteiger partial charge in [0.05, 0.1) is 6.61 Å². The van der Waals surface area contributed by atoms with E-state index in [4.69, 9.17) is 4.74 Å². The molecular formula is C18H26NO3-. The molecular weight excluding hydrogens is 278 g/mol. The van der Waals surface area contributed by atoms with Crippen molar-refractivity contribution in [1.29, 1.82) is 0 Å². The molecule has 4 nitrogen and oxygen atoms in total. The van der Waals surface area contributed by atoms with Crippen molar-refractivity contribution in [3.05, 3.63) is 34.6 Å². The van der Waals surface area contributed by atoms with Gasteiger partial charge in [0.2, 0.25) is 0 Å². The Kier molecular flexibility index (Phi) is 5.46. The van der Waals surface area contributed by atoms with Gasteiger partial charge in [-0.25, -0.2) is 0 Å². The number of nitrogens with zero attached hydrogens (tertiary/aromatic N) is 1. The monoisotopic (exact) mass is 304 g/mol. The number of rotatable bonds is 6. The quantitative estimate of drug-likeness (QED) is 0.858. The Balaban J connectivity index is 1.99. The zero-order chi connectivity index (χ0) is 16.2. The number of fused-ring (bicyclic) bond motifs is 1. The summed E-state index contributed by atoms with van der Waals surface area (Å²) >= 11 is 0. The Bertz CT molecular complexity index is 520. The molecule has 0 amide bonds. The highest BCUT2D eigenvalue weighted by molar-refractivity contribution is 5.76. The maximum absolute atomic E-state index is 11.4. The van der Waals surface area contributed by atoms with Crippen LogP contribution < -0.4 is 4.74 Å². The van der Waals surface area contributed by atoms with E-state index in [-0.39, 0.29) is 5.41 Å². The molecule has 2 rings (SSSR count). The van der Waals surface area contributed by atoms with Crippen LogP contribution in [0.2, 0.25) is 0 Å². The SMILES string of the molecule is CC(C)(C)CCC([N-]Cc1cccc2c1CCCO2)C(=O)O. The van der Waals surface area contributed by atoms with Crippen molar-refractivity contribution in [2.45, 2.75) is 59.0 Å². The number of aliphatic carboxylic acids is 1. The Morgan fingerprint density at radius 2 is 2.18 bits per heavy atom. The van der Waals surface area contributed by atoms with Crippen LogP contribution in [0.3, 0.4) is 0 Å². The van der Waals surface area contributed by atoms with Crippen LogP contribution in [0.4, 0.5) is 0 Å². The fourth-order valence-corrected chi connectivity index (χ4v) is 2.68. The van der Waals surface area contributed by atoms with Crippen molar-refractivity contribution in [2.24, 2.45) is 5.41 Å². The molecule has 22 heavy (non-hydrogen) atoms. The third-order valence-electron chi connectivity index (χ3n) is 3.99. The molecule has 0 fully saturated rings. The number of hydrogen-bond donors (Lipinski definition) is 1. The summed E-state index contributed by atoms with van der Waals surface area (Å²) in [6.45, 7) is 7.58. The topological polar surface area (TPSA) is 60.6 Å². The molecule has 1 unspecified atom stereocenters. The zero-order valence-electron chi connectivity index (χ0n) is 13.8. The Morgan fingerprint density at radius 1 is 1.41 bits per heavy atom. The van der Waals surface area contributed by atoms with Crippen LogP contribution >= 0.6 is 0 Å². The molecule has 0 saturated carbocycles. The van der Waals surface area contributed by atoms with Gasteiger partial charge in [0.15, 0.2) is 0 Å². The third kappa shape index (κ3) is 4.73. The van der Waals surface area contributed by atoms with Gasteiger partial charge in [-0.1, -0.05) is 44.9 Å². The van der Waals surface area contributed by atoms with Gasteiger partial charge in [-0.3, -0.25) is 4.79 Å². The Morgan fingerprint density at radius 3 is 2.86 bits per heavy atom. The molecule has 122 valence electrons. The van der Waals surface area contributed by atoms with Crippen molar-refractivity contribution in [2.75, 3.05) is 6.61 Å². The van der Waals surface area contributed by atoms with Gasteiger partial charge in [0.25, 0.3) is 5.97 Å². The Hall–Kier alpha value is -1.55. The molecule has 1 atom stereocenters. The first-order valence-electron chi connectivity index (χ1n) is 8.00. The standard InChI is InChI=1S/C18H26NO3/c1-18(2,3)10-9-15(17(20)21)19-12-13-6-4-8-16-14(13)7-5-11-22-16/h4,6,8,15H,5,7,9-12H2,1-3H3,(H,20,21)/q-1. The predicted molar refractivity (Wildman–Crippen MR) is 87.4 cm³/mol. The van der Waals surface area contributed by atoms with Gasteiger partial charge in [0.1, 0.15) is 5.75 Å². The molecule has 1 N–H and O–H groups in total. The van der Waals surface area contributed by atoms with E-state index in [1.165, 1.54) is 5.56 Å². The number of ether oxygens (including phenoxy) is 1. The molecule has 0 aromatic heterocycles. The molecule has 0 bridgehead atoms. The zero-order valence-corrected chi connectivity index (χ0v) is 13.8. The van der Waals surface area contributed by atoms with Crippen LogP contribution in [0, 0.1) is 5.41 Å². The summed E-state index contributed by atoms with van der Waals surface area (Å²) in [6, 6.07) is 5.34. The van der Waals surface area contributed by atoms with Gasteiger partial charge in [-0.05, 0) is 42.3 Å². The van der Waals surface area contributed by atoms with E-state index in [1.54, 1.807) is 0 Å². The Labute approximate surface area is 132 Å². The van der Waals surface area contributed by atoms with Crippen LogP contribution in [0.15, 0.2) is 18.2 Å². The summed E-state index contributed by atoms with van der Waals surface area (Å²) in [6.07, 6.45) is 3.44. The lowest BCUT2D eigenvalue weighted by Gasteiger charge is -2.32. The van der Waals surface area contributed by atoms with Crippen molar-refractivity contribution < 1.29 is 14.6 Å². The molecule has 0 aliphatic carbocycles. The second-order valence-corrected chi connectivity index (χ2v) is 7.14. The predicted octanol–water partition coefficient (Wildman–Crippen LogP) is 4.16. The first-order chi connectivity index (χ1) is 10.4. The van der Waals surface area contributed by atoms with Crippen molar-refractivity contribution in [1.82, 2.24) is 0 Å². The van der Waals surface area contributed by atoms with Gasteiger partial charge in [-0.2, -0.15) is 0 Å². The normalized spacial score (nSPS) is 15.8. The largest absolute Gasteiger partial charge is 0.646 e. The maximum Gasteiger partial charge on any atom is 0.285 e. The van der Waals surface area contributed by atoms with E-state index < -0.39 is 12.0 Å². The molecule has 1 heterocycles. The maximum atomic E-state index is 11.4. The molecule has 0 spiro atoms. The second-order valence-electron chi connectivity index (χ2n) is 7.14. The minimum atomic E-state index is -0.828. The second kappa shape index (κ2) is 7.14. The first-order valence-corrected chi connectivity index (χ1v) is 8.00. The molecule has 1 aromatic rings. The van der Waals surface area contributed by atoms with Gasteiger partial charge in [0, 0.05) is 0 Å². The van der Waals surface area contributed by atoms with Crippen LogP contribution in [0.5, 0.6) is 5.75 Å². The summed E-state index contributed by atoms with van der Waals surface area (Å²) in [5.41, 5.74) is 2.42. The molecule has 1 aliphatic rings. The molecule has 0 radical (unpaired) electrons. The van der Waals surface area contributed by atoms with E-state index >= 15 is 0 Å². The number of hydrogen-bond acceptors (Lipinski definition) is 2. The molecule has 4 heteroatoms. The van der Waals surface area contributed by atoms with Gasteiger partial charge >= 0.3 is 0 Å². The number of benzene rings is 1. The number of carbonyl (C=O) groups is 1. The van der Waals surface area contributed by atoms with E-state index in [0.29, 0.717) is 13.0 Å². The van der Waals surface area contributed by atoms with Crippen molar-refractivity contribution >= 4 is 5.97 Å². The molecule has 0 saturated heterocycles. The first kappa shape index (κ1) is 16.8. The molecule has 1 aliphatic heterocycles. The van der Waals surface area contributed by atoms with Crippen molar-refractivity contribution in [3.8, 4) is 5.75 Å².